The number of hydrogen-bond acceptors (Lipinski definition) is 3. The molecule has 2 saturated carbocycles. The van der Waals surface area contributed by atoms with Crippen LogP contribution in [-0.4, -0.2) is 40.8 Å². The van der Waals surface area contributed by atoms with E-state index in [1.807, 2.05) is 6.20 Å². The molecule has 0 amide bonds. The Morgan fingerprint density at radius 1 is 1.36 bits per heavy atom. The molecule has 1 aromatic heterocycles. The average Bonchev–Trinajstić information content (AvgIpc) is 3.29. The van der Waals surface area contributed by atoms with Crippen molar-refractivity contribution in [3.8, 4) is 0 Å². The fourth-order valence-electron chi connectivity index (χ4n) is 4.78. The van der Waals surface area contributed by atoms with Crippen LogP contribution in [-0.2, 0) is 17.8 Å². The van der Waals surface area contributed by atoms with Gasteiger partial charge in [0, 0.05) is 43.5 Å². The van der Waals surface area contributed by atoms with Gasteiger partial charge in [-0.2, -0.15) is 0 Å². The molecule has 2 unspecified atom stereocenters. The highest BCUT2D eigenvalue weighted by Crippen LogP contribution is 2.54. The second-order valence-corrected chi connectivity index (χ2v) is 8.40. The first-order chi connectivity index (χ1) is 13.1. The third-order valence-corrected chi connectivity index (χ3v) is 6.08. The predicted molar refractivity (Wildman–Crippen MR) is 125 cm³/mol. The molecule has 0 aromatic carbocycles. The van der Waals surface area contributed by atoms with Crippen molar-refractivity contribution in [3.63, 3.8) is 0 Å². The van der Waals surface area contributed by atoms with Gasteiger partial charge in [0.1, 0.15) is 12.4 Å². The molecule has 0 radical (unpaired) electrons. The number of aliphatic imine (C=N–C) groups is 1. The van der Waals surface area contributed by atoms with Gasteiger partial charge in [-0.3, -0.25) is 0 Å². The Labute approximate surface area is 187 Å². The molecular weight excluding hydrogens is 465 g/mol. The molecule has 0 aliphatic heterocycles. The second kappa shape index (κ2) is 10.8. The molecule has 2 aliphatic carbocycles. The summed E-state index contributed by atoms with van der Waals surface area (Å²) in [6.07, 6.45) is 10.6. The van der Waals surface area contributed by atoms with E-state index in [1.54, 1.807) is 0 Å². The molecule has 0 bridgehead atoms. The topological polar surface area (TPSA) is 63.5 Å². The van der Waals surface area contributed by atoms with E-state index in [4.69, 9.17) is 9.73 Å². The number of guanidine groups is 1. The van der Waals surface area contributed by atoms with Gasteiger partial charge in [-0.25, -0.2) is 9.98 Å². The van der Waals surface area contributed by atoms with Crippen LogP contribution >= 0.6 is 24.0 Å². The summed E-state index contributed by atoms with van der Waals surface area (Å²) in [4.78, 5) is 9.34. The van der Waals surface area contributed by atoms with Crippen molar-refractivity contribution < 1.29 is 4.74 Å². The van der Waals surface area contributed by atoms with Crippen LogP contribution in [0.25, 0.3) is 0 Å². The van der Waals surface area contributed by atoms with Gasteiger partial charge in [-0.1, -0.05) is 26.7 Å². The quantitative estimate of drug-likeness (QED) is 0.321. The highest BCUT2D eigenvalue weighted by atomic mass is 127. The van der Waals surface area contributed by atoms with E-state index in [0.717, 1.165) is 37.9 Å². The zero-order chi connectivity index (χ0) is 19.3. The minimum absolute atomic E-state index is 0. The standard InChI is InChI=1S/C21H37N5O.HI/c1-5-22-20(24-14-19-23-11-12-26(19)15-16(3)4)25-17-13-18(27-6-2)21(17)9-7-8-10-21;/h11-12,16-18H,5-10,13-15H2,1-4H3,(H2,22,24,25);1H. The van der Waals surface area contributed by atoms with Gasteiger partial charge in [0.05, 0.1) is 6.10 Å². The summed E-state index contributed by atoms with van der Waals surface area (Å²) in [5.41, 5.74) is 0.308. The molecule has 28 heavy (non-hydrogen) atoms. The summed E-state index contributed by atoms with van der Waals surface area (Å²) in [5, 5.41) is 7.14. The van der Waals surface area contributed by atoms with Crippen LogP contribution in [0.15, 0.2) is 17.4 Å². The fourth-order valence-corrected chi connectivity index (χ4v) is 4.78. The predicted octanol–water partition coefficient (Wildman–Crippen LogP) is 3.95. The van der Waals surface area contributed by atoms with Crippen molar-refractivity contribution in [2.24, 2.45) is 16.3 Å². The van der Waals surface area contributed by atoms with Crippen LogP contribution in [0.1, 0.15) is 65.6 Å². The lowest BCUT2D eigenvalue weighted by Crippen LogP contribution is -2.65. The van der Waals surface area contributed by atoms with Crippen LogP contribution in [0.3, 0.4) is 0 Å². The zero-order valence-electron chi connectivity index (χ0n) is 17.9. The Kier molecular flexibility index (Phi) is 9.05. The Bertz CT molecular complexity index is 624. The molecule has 6 nitrogen and oxygen atoms in total. The number of ether oxygens (including phenoxy) is 1. The molecule has 2 aliphatic rings. The number of nitrogens with zero attached hydrogens (tertiary/aromatic N) is 3. The van der Waals surface area contributed by atoms with Crippen molar-refractivity contribution >= 4 is 29.9 Å². The van der Waals surface area contributed by atoms with Gasteiger partial charge < -0.3 is 19.9 Å². The Morgan fingerprint density at radius 3 is 2.75 bits per heavy atom. The smallest absolute Gasteiger partial charge is 0.191 e. The molecule has 1 spiro atoms. The SMILES string of the molecule is CCNC(=NCc1nccn1CC(C)C)NC1CC(OCC)C12CCCC2.I. The molecule has 0 saturated heterocycles. The van der Waals surface area contributed by atoms with Crippen LogP contribution in [0, 0.1) is 11.3 Å². The van der Waals surface area contributed by atoms with E-state index >= 15 is 0 Å². The van der Waals surface area contributed by atoms with Crippen molar-refractivity contribution in [3.05, 3.63) is 18.2 Å². The third-order valence-electron chi connectivity index (χ3n) is 6.08. The van der Waals surface area contributed by atoms with Crippen LogP contribution in [0.5, 0.6) is 0 Å². The zero-order valence-corrected chi connectivity index (χ0v) is 20.2. The monoisotopic (exact) mass is 503 g/mol. The van der Waals surface area contributed by atoms with Crippen molar-refractivity contribution in [1.29, 1.82) is 0 Å². The summed E-state index contributed by atoms with van der Waals surface area (Å²) in [6, 6.07) is 0.463. The van der Waals surface area contributed by atoms with Crippen molar-refractivity contribution in [1.82, 2.24) is 20.2 Å². The first-order valence-electron chi connectivity index (χ1n) is 10.8. The van der Waals surface area contributed by atoms with Gasteiger partial charge >= 0.3 is 0 Å². The number of aromatic nitrogens is 2. The highest BCUT2D eigenvalue weighted by Gasteiger charge is 2.56. The van der Waals surface area contributed by atoms with E-state index in [1.165, 1.54) is 25.7 Å². The molecule has 3 rings (SSSR count). The van der Waals surface area contributed by atoms with Crippen LogP contribution in [0.4, 0.5) is 0 Å². The first kappa shape index (κ1) is 23.4. The average molecular weight is 503 g/mol. The van der Waals surface area contributed by atoms with E-state index in [-0.39, 0.29) is 24.0 Å². The number of nitrogens with one attached hydrogen (secondary N) is 2. The minimum Gasteiger partial charge on any atom is -0.378 e. The molecule has 2 N–H and O–H groups in total. The molecule has 2 atom stereocenters. The summed E-state index contributed by atoms with van der Waals surface area (Å²) in [6.45, 7) is 11.9. The maximum atomic E-state index is 6.05. The van der Waals surface area contributed by atoms with Crippen LogP contribution in [0.2, 0.25) is 0 Å². The summed E-state index contributed by atoms with van der Waals surface area (Å²) in [5.74, 6) is 2.53. The largest absolute Gasteiger partial charge is 0.378 e. The lowest BCUT2D eigenvalue weighted by molar-refractivity contribution is -0.125. The number of imidazole rings is 1. The van der Waals surface area contributed by atoms with Crippen molar-refractivity contribution in [2.75, 3.05) is 13.2 Å². The molecule has 160 valence electrons. The van der Waals surface area contributed by atoms with E-state index in [2.05, 4.69) is 54.1 Å². The van der Waals surface area contributed by atoms with E-state index in [0.29, 0.717) is 30.0 Å². The lowest BCUT2D eigenvalue weighted by atomic mass is 9.60. The molecule has 1 aromatic rings. The summed E-state index contributed by atoms with van der Waals surface area (Å²) < 4.78 is 8.26. The Hall–Kier alpha value is -0.830. The van der Waals surface area contributed by atoms with E-state index in [9.17, 15) is 0 Å². The molecule has 2 fully saturated rings. The second-order valence-electron chi connectivity index (χ2n) is 8.40. The molecular formula is C21H38IN5O. The van der Waals surface area contributed by atoms with E-state index < -0.39 is 0 Å². The highest BCUT2D eigenvalue weighted by molar-refractivity contribution is 14.0. The van der Waals surface area contributed by atoms with Gasteiger partial charge in [0.25, 0.3) is 0 Å². The van der Waals surface area contributed by atoms with Crippen molar-refractivity contribution in [2.45, 2.75) is 85.0 Å². The Balaban J connectivity index is 0.00000280. The Morgan fingerprint density at radius 2 is 2.11 bits per heavy atom. The normalized spacial score (nSPS) is 23.5. The van der Waals surface area contributed by atoms with Gasteiger partial charge in [-0.05, 0) is 39.0 Å². The lowest BCUT2D eigenvalue weighted by Gasteiger charge is -2.54. The maximum Gasteiger partial charge on any atom is 0.191 e. The van der Waals surface area contributed by atoms with Crippen LogP contribution < -0.4 is 10.6 Å². The fraction of sp³-hybridized carbons (Fsp3) is 0.810. The number of hydrogen-bond donors (Lipinski definition) is 2. The molecule has 1 heterocycles. The van der Waals surface area contributed by atoms with Gasteiger partial charge in [0.2, 0.25) is 0 Å². The van der Waals surface area contributed by atoms with Gasteiger partial charge in [0.15, 0.2) is 5.96 Å². The number of rotatable bonds is 8. The summed E-state index contributed by atoms with van der Waals surface area (Å²) in [7, 11) is 0. The maximum absolute atomic E-state index is 6.05. The number of halogens is 1. The minimum atomic E-state index is 0. The van der Waals surface area contributed by atoms with Gasteiger partial charge in [-0.15, -0.1) is 24.0 Å². The summed E-state index contributed by atoms with van der Waals surface area (Å²) >= 11 is 0. The molecule has 7 heteroatoms. The first-order valence-corrected chi connectivity index (χ1v) is 10.8. The third kappa shape index (κ3) is 5.20.